The van der Waals surface area contributed by atoms with E-state index in [1.807, 2.05) is 0 Å². The van der Waals surface area contributed by atoms with Crippen LogP contribution in [0.1, 0.15) is 37.7 Å². The van der Waals surface area contributed by atoms with E-state index in [1.165, 1.54) is 19.3 Å². The first kappa shape index (κ1) is 12.7. The van der Waals surface area contributed by atoms with Gasteiger partial charge in [0.15, 0.2) is 0 Å². The van der Waals surface area contributed by atoms with Crippen LogP contribution in [0.3, 0.4) is 0 Å². The lowest BCUT2D eigenvalue weighted by atomic mass is 9.75. The van der Waals surface area contributed by atoms with Gasteiger partial charge in [0.2, 0.25) is 0 Å². The first-order chi connectivity index (χ1) is 8.16. The topological polar surface area (TPSA) is 28.4 Å². The van der Waals surface area contributed by atoms with E-state index >= 15 is 0 Å². The number of aryl methyl sites for hydroxylation is 1. The van der Waals surface area contributed by atoms with Crippen molar-refractivity contribution in [3.63, 3.8) is 0 Å². The van der Waals surface area contributed by atoms with Gasteiger partial charge in [-0.3, -0.25) is 0 Å². The van der Waals surface area contributed by atoms with Gasteiger partial charge in [0.1, 0.15) is 11.5 Å². The fourth-order valence-electron chi connectivity index (χ4n) is 2.49. The van der Waals surface area contributed by atoms with Gasteiger partial charge in [-0.25, -0.2) is 0 Å². The van der Waals surface area contributed by atoms with Crippen molar-refractivity contribution in [2.75, 3.05) is 20.6 Å². The Bertz CT molecular complexity index is 353. The molecular formula is C14H24N2O. The fraction of sp³-hybridized carbons (Fsp3) is 0.714. The molecule has 1 fully saturated rings. The van der Waals surface area contributed by atoms with Crippen molar-refractivity contribution in [3.8, 4) is 0 Å². The SMILES string of the molecule is CCc1ccc(CNCC2(N(C)C)CCC2)o1. The maximum absolute atomic E-state index is 5.68. The molecule has 0 unspecified atom stereocenters. The molecule has 1 aromatic rings. The summed E-state index contributed by atoms with van der Waals surface area (Å²) >= 11 is 0. The number of likely N-dealkylation sites (N-methyl/N-ethyl adjacent to an activating group) is 1. The van der Waals surface area contributed by atoms with E-state index in [4.69, 9.17) is 4.42 Å². The molecular weight excluding hydrogens is 212 g/mol. The minimum atomic E-state index is 0.389. The molecule has 1 aromatic heterocycles. The number of rotatable bonds is 6. The van der Waals surface area contributed by atoms with Crippen LogP contribution in [-0.2, 0) is 13.0 Å². The number of nitrogens with one attached hydrogen (secondary N) is 1. The Morgan fingerprint density at radius 1 is 1.29 bits per heavy atom. The second-order valence-electron chi connectivity index (χ2n) is 5.30. The number of furan rings is 1. The van der Waals surface area contributed by atoms with Crippen LogP contribution in [0.4, 0.5) is 0 Å². The van der Waals surface area contributed by atoms with Crippen LogP contribution in [-0.4, -0.2) is 31.1 Å². The first-order valence-corrected chi connectivity index (χ1v) is 6.62. The molecule has 3 nitrogen and oxygen atoms in total. The Kier molecular flexibility index (Phi) is 3.89. The predicted molar refractivity (Wildman–Crippen MR) is 70.1 cm³/mol. The van der Waals surface area contributed by atoms with Crippen LogP contribution >= 0.6 is 0 Å². The molecule has 17 heavy (non-hydrogen) atoms. The van der Waals surface area contributed by atoms with Gasteiger partial charge in [0.25, 0.3) is 0 Å². The van der Waals surface area contributed by atoms with E-state index in [-0.39, 0.29) is 0 Å². The average molecular weight is 236 g/mol. The van der Waals surface area contributed by atoms with E-state index in [0.29, 0.717) is 5.54 Å². The zero-order valence-electron chi connectivity index (χ0n) is 11.3. The Labute approximate surface area is 104 Å². The molecule has 2 rings (SSSR count). The van der Waals surface area contributed by atoms with Crippen LogP contribution in [0.2, 0.25) is 0 Å². The van der Waals surface area contributed by atoms with E-state index in [0.717, 1.165) is 31.0 Å². The zero-order chi connectivity index (χ0) is 12.3. The third-order valence-electron chi connectivity index (χ3n) is 4.05. The highest BCUT2D eigenvalue weighted by Gasteiger charge is 2.38. The first-order valence-electron chi connectivity index (χ1n) is 6.62. The molecule has 0 amide bonds. The quantitative estimate of drug-likeness (QED) is 0.822. The van der Waals surface area contributed by atoms with Crippen molar-refractivity contribution in [1.29, 1.82) is 0 Å². The molecule has 0 spiro atoms. The average Bonchev–Trinajstić information content (AvgIpc) is 2.69. The highest BCUT2D eigenvalue weighted by atomic mass is 16.3. The highest BCUT2D eigenvalue weighted by Crippen LogP contribution is 2.35. The summed E-state index contributed by atoms with van der Waals surface area (Å²) in [7, 11) is 4.37. The third kappa shape index (κ3) is 2.72. The number of hydrogen-bond donors (Lipinski definition) is 1. The number of nitrogens with zero attached hydrogens (tertiary/aromatic N) is 1. The van der Waals surface area contributed by atoms with E-state index < -0.39 is 0 Å². The molecule has 0 aromatic carbocycles. The smallest absolute Gasteiger partial charge is 0.117 e. The number of hydrogen-bond acceptors (Lipinski definition) is 3. The van der Waals surface area contributed by atoms with E-state index in [1.54, 1.807) is 0 Å². The minimum absolute atomic E-state index is 0.389. The van der Waals surface area contributed by atoms with Gasteiger partial charge in [0.05, 0.1) is 6.54 Å². The Morgan fingerprint density at radius 3 is 2.47 bits per heavy atom. The zero-order valence-corrected chi connectivity index (χ0v) is 11.3. The van der Waals surface area contributed by atoms with Gasteiger partial charge in [-0.15, -0.1) is 0 Å². The van der Waals surface area contributed by atoms with Crippen LogP contribution in [0.25, 0.3) is 0 Å². The normalized spacial score (nSPS) is 18.4. The van der Waals surface area contributed by atoms with Gasteiger partial charge in [-0.2, -0.15) is 0 Å². The van der Waals surface area contributed by atoms with Crippen molar-refractivity contribution < 1.29 is 4.42 Å². The minimum Gasteiger partial charge on any atom is -0.465 e. The summed E-state index contributed by atoms with van der Waals surface area (Å²) in [6.07, 6.45) is 4.96. The molecule has 0 bridgehead atoms. The Balaban J connectivity index is 1.79. The lowest BCUT2D eigenvalue weighted by Gasteiger charge is -2.47. The van der Waals surface area contributed by atoms with Gasteiger partial charge < -0.3 is 14.6 Å². The van der Waals surface area contributed by atoms with Gasteiger partial charge >= 0.3 is 0 Å². The molecule has 0 radical (unpaired) electrons. The van der Waals surface area contributed by atoms with Crippen LogP contribution in [0.15, 0.2) is 16.5 Å². The molecule has 1 aliphatic carbocycles. The molecule has 3 heteroatoms. The summed E-state index contributed by atoms with van der Waals surface area (Å²) in [6.45, 7) is 4.02. The van der Waals surface area contributed by atoms with Crippen molar-refractivity contribution in [1.82, 2.24) is 10.2 Å². The van der Waals surface area contributed by atoms with Crippen molar-refractivity contribution in [3.05, 3.63) is 23.7 Å². The second-order valence-corrected chi connectivity index (χ2v) is 5.30. The standard InChI is InChI=1S/C14H24N2O/c1-4-12-6-7-13(17-12)10-15-11-14(16(2)3)8-5-9-14/h6-7,15H,4-5,8-11H2,1-3H3. The monoisotopic (exact) mass is 236 g/mol. The largest absolute Gasteiger partial charge is 0.465 e. The third-order valence-corrected chi connectivity index (χ3v) is 4.05. The van der Waals surface area contributed by atoms with Gasteiger partial charge in [-0.05, 0) is 45.5 Å². The highest BCUT2D eigenvalue weighted by molar-refractivity contribution is 5.07. The second kappa shape index (κ2) is 5.23. The van der Waals surface area contributed by atoms with Crippen molar-refractivity contribution in [2.24, 2.45) is 0 Å². The summed E-state index contributed by atoms with van der Waals surface area (Å²) in [6, 6.07) is 4.15. The van der Waals surface area contributed by atoms with E-state index in [2.05, 4.69) is 43.4 Å². The maximum Gasteiger partial charge on any atom is 0.117 e. The summed E-state index contributed by atoms with van der Waals surface area (Å²) < 4.78 is 5.68. The van der Waals surface area contributed by atoms with Crippen LogP contribution in [0, 0.1) is 0 Å². The molecule has 0 saturated heterocycles. The Morgan fingerprint density at radius 2 is 2.00 bits per heavy atom. The summed E-state index contributed by atoms with van der Waals surface area (Å²) in [4.78, 5) is 2.36. The predicted octanol–water partition coefficient (Wildman–Crippen LogP) is 2.42. The molecule has 1 saturated carbocycles. The van der Waals surface area contributed by atoms with Gasteiger partial charge in [0, 0.05) is 18.5 Å². The molecule has 1 N–H and O–H groups in total. The van der Waals surface area contributed by atoms with Crippen molar-refractivity contribution >= 4 is 0 Å². The Hall–Kier alpha value is -0.800. The van der Waals surface area contributed by atoms with Crippen LogP contribution < -0.4 is 5.32 Å². The summed E-state index contributed by atoms with van der Waals surface area (Å²) in [5, 5.41) is 3.53. The summed E-state index contributed by atoms with van der Waals surface area (Å²) in [5.74, 6) is 2.13. The lowest BCUT2D eigenvalue weighted by molar-refractivity contribution is 0.0593. The van der Waals surface area contributed by atoms with Crippen LogP contribution in [0.5, 0.6) is 0 Å². The molecule has 1 aliphatic rings. The van der Waals surface area contributed by atoms with Gasteiger partial charge in [-0.1, -0.05) is 6.92 Å². The van der Waals surface area contributed by atoms with E-state index in [9.17, 15) is 0 Å². The lowest BCUT2D eigenvalue weighted by Crippen LogP contribution is -2.56. The van der Waals surface area contributed by atoms with Crippen molar-refractivity contribution in [2.45, 2.75) is 44.7 Å². The molecule has 1 heterocycles. The molecule has 0 atom stereocenters. The molecule has 0 aliphatic heterocycles. The molecule has 96 valence electrons. The maximum atomic E-state index is 5.68. The summed E-state index contributed by atoms with van der Waals surface area (Å²) in [5.41, 5.74) is 0.389. The fourth-order valence-corrected chi connectivity index (χ4v) is 2.49.